The maximum Gasteiger partial charge on any atom is 0.326 e. The normalized spacial score (nSPS) is 15.6. The maximum absolute atomic E-state index is 14.1. The van der Waals surface area contributed by atoms with Gasteiger partial charge in [-0.15, -0.1) is 0 Å². The van der Waals surface area contributed by atoms with Crippen LogP contribution in [-0.2, 0) is 57.7 Å². The number of carbonyl (C=O) groups is 8. The number of carboxylic acid groups (broad SMARTS) is 2. The van der Waals surface area contributed by atoms with E-state index in [0.717, 1.165) is 86.4 Å². The van der Waals surface area contributed by atoms with Gasteiger partial charge in [0.2, 0.25) is 35.4 Å². The van der Waals surface area contributed by atoms with Gasteiger partial charge in [-0.25, -0.2) is 9.59 Å². The summed E-state index contributed by atoms with van der Waals surface area (Å²) in [5, 5.41) is 41.6. The third-order valence-corrected chi connectivity index (χ3v) is 12.5. The highest BCUT2D eigenvalue weighted by atomic mass is 16.4. The summed E-state index contributed by atoms with van der Waals surface area (Å²) in [4.78, 5) is 107. The van der Waals surface area contributed by atoms with E-state index in [9.17, 15) is 53.7 Å². The van der Waals surface area contributed by atoms with Crippen LogP contribution in [-0.4, -0.2) is 109 Å². The molecule has 0 radical (unpaired) electrons. The fourth-order valence-electron chi connectivity index (χ4n) is 8.80. The van der Waals surface area contributed by atoms with Gasteiger partial charge in [0.25, 0.3) is 0 Å². The number of carbonyl (C=O) groups excluding carboxylic acids is 6. The number of benzene rings is 2. The van der Waals surface area contributed by atoms with Crippen LogP contribution in [0, 0.1) is 5.92 Å². The van der Waals surface area contributed by atoms with Gasteiger partial charge in [0.1, 0.15) is 30.2 Å². The number of rotatable bonds is 31. The largest absolute Gasteiger partial charge is 0.480 e. The molecule has 2 unspecified atom stereocenters. The molecule has 2 aromatic carbocycles. The lowest BCUT2D eigenvalue weighted by atomic mass is 9.94. The van der Waals surface area contributed by atoms with Gasteiger partial charge in [-0.2, -0.15) is 0 Å². The van der Waals surface area contributed by atoms with E-state index in [2.05, 4.69) is 26.3 Å². The summed E-state index contributed by atoms with van der Waals surface area (Å²) >= 11 is 0. The Bertz CT molecular complexity index is 2190. The minimum absolute atomic E-state index is 0.0287. The number of nitrogens with zero attached hydrogens (tertiary/aromatic N) is 1. The van der Waals surface area contributed by atoms with Gasteiger partial charge in [0.05, 0.1) is 19.1 Å². The first kappa shape index (κ1) is 55.3. The molecule has 1 aliphatic rings. The Kier molecular flexibility index (Phi) is 22.6. The number of hydrogen-bond donors (Lipinski definition) is 9. The second kappa shape index (κ2) is 28.3. The van der Waals surface area contributed by atoms with E-state index < -0.39 is 90.1 Å². The SMILES string of the molecule is CC(C)C[C@H](NC(=O)[C@@H](NC(=O)CCCCCCCCCCCCCCC(=O)N[C@@H](CC(N)=O)C(=O)N[C@@H](Cc1ccccc1)C(=O)O)C(C)O)C(=O)N1Cc2[nH]c3ccccc3c2CC1C(=O)O. The van der Waals surface area contributed by atoms with Crippen molar-refractivity contribution < 1.29 is 53.7 Å². The first-order valence-corrected chi connectivity index (χ1v) is 24.5. The van der Waals surface area contributed by atoms with Gasteiger partial charge in [0, 0.05) is 42.3 Å². The first-order chi connectivity index (χ1) is 32.9. The standard InChI is InChI=1S/C51H73N7O11/c1-32(2)27-39(49(65)58-31-41-36(29-42(58)51(68)69)35-23-19-20-24-37(35)53-41)55-48(64)46(33(3)59)57-45(62)26-18-13-11-9-7-5-4-6-8-10-12-17-25-44(61)54-38(30-43(52)60)47(63)56-40(50(66)67)28-34-21-15-14-16-22-34/h14-16,19-24,32-33,38-40,42,46,53,59H,4-13,17-18,25-31H2,1-3H3,(H2,52,60)(H,54,61)(H,55,64)(H,56,63)(H,57,62)(H,66,67)(H,68,69)/t33?,38-,39-,40-,42?,46-/m0/s1. The molecule has 10 N–H and O–H groups in total. The van der Waals surface area contributed by atoms with Gasteiger partial charge >= 0.3 is 11.9 Å². The Morgan fingerprint density at radius 2 is 1.22 bits per heavy atom. The van der Waals surface area contributed by atoms with Crippen LogP contribution in [0.2, 0.25) is 0 Å². The predicted octanol–water partition coefficient (Wildman–Crippen LogP) is 4.54. The zero-order chi connectivity index (χ0) is 50.5. The zero-order valence-electron chi connectivity index (χ0n) is 40.3. The Balaban J connectivity index is 1.08. The minimum Gasteiger partial charge on any atom is -0.480 e. The highest BCUT2D eigenvalue weighted by molar-refractivity contribution is 5.95. The smallest absolute Gasteiger partial charge is 0.326 e. The average molecular weight is 960 g/mol. The van der Waals surface area contributed by atoms with Crippen LogP contribution in [0.15, 0.2) is 54.6 Å². The van der Waals surface area contributed by atoms with Crippen LogP contribution in [0.5, 0.6) is 0 Å². The van der Waals surface area contributed by atoms with Crippen molar-refractivity contribution in [2.24, 2.45) is 11.7 Å². The van der Waals surface area contributed by atoms with Crippen LogP contribution in [0.4, 0.5) is 0 Å². The summed E-state index contributed by atoms with van der Waals surface area (Å²) in [6, 6.07) is 10.3. The zero-order valence-corrected chi connectivity index (χ0v) is 40.3. The van der Waals surface area contributed by atoms with Crippen molar-refractivity contribution in [1.29, 1.82) is 0 Å². The number of unbranched alkanes of at least 4 members (excludes halogenated alkanes) is 11. The van der Waals surface area contributed by atoms with E-state index in [-0.39, 0.29) is 44.6 Å². The molecule has 1 aromatic heterocycles. The van der Waals surface area contributed by atoms with Crippen molar-refractivity contribution in [3.8, 4) is 0 Å². The number of hydrogen-bond acceptors (Lipinski definition) is 9. The fraction of sp³-hybridized carbons (Fsp3) is 0.569. The molecule has 0 saturated heterocycles. The molecular formula is C51H73N7O11. The van der Waals surface area contributed by atoms with Gasteiger partial charge < -0.3 is 52.2 Å². The first-order valence-electron chi connectivity index (χ1n) is 24.5. The Morgan fingerprint density at radius 3 is 1.75 bits per heavy atom. The molecule has 6 amide bonds. The van der Waals surface area contributed by atoms with Crippen molar-refractivity contribution >= 4 is 58.3 Å². The Morgan fingerprint density at radius 1 is 0.681 bits per heavy atom. The van der Waals surface area contributed by atoms with Crippen molar-refractivity contribution in [3.05, 3.63) is 71.4 Å². The molecule has 69 heavy (non-hydrogen) atoms. The topological polar surface area (TPSA) is 290 Å². The molecule has 18 heteroatoms. The quantitative estimate of drug-likeness (QED) is 0.0404. The number of nitrogens with one attached hydrogen (secondary N) is 5. The molecule has 378 valence electrons. The number of H-pyrrole nitrogens is 1. The lowest BCUT2D eigenvalue weighted by Crippen LogP contribution is -2.59. The van der Waals surface area contributed by atoms with Crippen LogP contribution < -0.4 is 27.0 Å². The number of primary amides is 1. The maximum atomic E-state index is 14.1. The lowest BCUT2D eigenvalue weighted by molar-refractivity contribution is -0.153. The molecule has 0 spiro atoms. The van der Waals surface area contributed by atoms with Gasteiger partial charge in [-0.05, 0) is 49.3 Å². The molecule has 0 saturated carbocycles. The Labute approximate surface area is 404 Å². The minimum atomic E-state index is -1.31. The molecule has 3 aromatic rings. The summed E-state index contributed by atoms with van der Waals surface area (Å²) in [6.07, 6.45) is 9.97. The molecule has 6 atom stereocenters. The van der Waals surface area contributed by atoms with Crippen LogP contribution in [0.3, 0.4) is 0 Å². The van der Waals surface area contributed by atoms with E-state index in [4.69, 9.17) is 5.73 Å². The summed E-state index contributed by atoms with van der Waals surface area (Å²) in [7, 11) is 0. The summed E-state index contributed by atoms with van der Waals surface area (Å²) in [5.41, 5.74) is 8.45. The third-order valence-electron chi connectivity index (χ3n) is 12.5. The van der Waals surface area contributed by atoms with E-state index in [0.29, 0.717) is 18.4 Å². The van der Waals surface area contributed by atoms with Crippen molar-refractivity contribution in [3.63, 3.8) is 0 Å². The lowest BCUT2D eigenvalue weighted by Gasteiger charge is -2.36. The molecule has 4 rings (SSSR count). The number of para-hydroxylation sites is 1. The summed E-state index contributed by atoms with van der Waals surface area (Å²) < 4.78 is 0. The number of amides is 6. The number of aromatic amines is 1. The molecule has 0 aliphatic carbocycles. The molecule has 1 aliphatic heterocycles. The molecular weight excluding hydrogens is 887 g/mol. The van der Waals surface area contributed by atoms with Crippen LogP contribution in [0.1, 0.15) is 140 Å². The number of carboxylic acids is 2. The van der Waals surface area contributed by atoms with E-state index >= 15 is 0 Å². The van der Waals surface area contributed by atoms with Crippen molar-refractivity contribution in [2.45, 2.75) is 179 Å². The molecule has 2 heterocycles. The second-order valence-electron chi connectivity index (χ2n) is 18.8. The highest BCUT2D eigenvalue weighted by Gasteiger charge is 2.40. The fourth-order valence-corrected chi connectivity index (χ4v) is 8.80. The number of aliphatic carboxylic acids is 2. The second-order valence-corrected chi connectivity index (χ2v) is 18.8. The Hall–Kier alpha value is -6.30. The number of aromatic nitrogens is 1. The number of aliphatic hydroxyl groups is 1. The number of nitrogens with two attached hydrogens (primary N) is 1. The van der Waals surface area contributed by atoms with Crippen molar-refractivity contribution in [2.75, 3.05) is 0 Å². The average Bonchev–Trinajstić information content (AvgIpc) is 3.67. The van der Waals surface area contributed by atoms with E-state index in [1.165, 1.54) is 11.8 Å². The van der Waals surface area contributed by atoms with Crippen LogP contribution >= 0.6 is 0 Å². The third kappa shape index (κ3) is 18.3. The van der Waals surface area contributed by atoms with E-state index in [1.807, 2.05) is 38.1 Å². The number of fused-ring (bicyclic) bond motifs is 3. The molecule has 0 fully saturated rings. The predicted molar refractivity (Wildman–Crippen MR) is 259 cm³/mol. The monoisotopic (exact) mass is 960 g/mol. The van der Waals surface area contributed by atoms with Gasteiger partial charge in [-0.1, -0.05) is 127 Å². The van der Waals surface area contributed by atoms with Crippen LogP contribution in [0.25, 0.3) is 10.9 Å². The summed E-state index contributed by atoms with van der Waals surface area (Å²) in [5.74, 6) is -6.11. The van der Waals surface area contributed by atoms with Crippen molar-refractivity contribution in [1.82, 2.24) is 31.2 Å². The van der Waals surface area contributed by atoms with E-state index in [1.54, 1.807) is 30.3 Å². The molecule has 18 nitrogen and oxygen atoms in total. The highest BCUT2D eigenvalue weighted by Crippen LogP contribution is 2.31. The number of aliphatic hydroxyl groups excluding tert-OH is 1. The van der Waals surface area contributed by atoms with Gasteiger partial charge in [0.15, 0.2) is 0 Å². The van der Waals surface area contributed by atoms with Gasteiger partial charge in [-0.3, -0.25) is 28.8 Å². The summed E-state index contributed by atoms with van der Waals surface area (Å²) in [6.45, 7) is 5.19. The molecule has 0 bridgehead atoms.